The van der Waals surface area contributed by atoms with Crippen LogP contribution in [0.1, 0.15) is 30.5 Å². The highest BCUT2D eigenvalue weighted by molar-refractivity contribution is 5.56. The van der Waals surface area contributed by atoms with Crippen molar-refractivity contribution in [2.45, 2.75) is 25.9 Å². The Balaban J connectivity index is 2.00. The lowest BCUT2D eigenvalue weighted by molar-refractivity contribution is 0.598. The van der Waals surface area contributed by atoms with Crippen LogP contribution in [0.2, 0.25) is 0 Å². The van der Waals surface area contributed by atoms with Crippen LogP contribution in [0.4, 0.5) is 0 Å². The zero-order chi connectivity index (χ0) is 13.9. The molecule has 3 heterocycles. The van der Waals surface area contributed by atoms with Gasteiger partial charge in [-0.3, -0.25) is 10.5 Å². The number of aromatic nitrogens is 4. The number of hydrogen-bond acceptors (Lipinski definition) is 4. The fraction of sp³-hybridized carbons (Fsp3) is 0.286. The van der Waals surface area contributed by atoms with Gasteiger partial charge in [-0.25, -0.2) is 9.94 Å². The molecule has 3 aromatic heterocycles. The van der Waals surface area contributed by atoms with E-state index in [0.717, 1.165) is 29.6 Å². The van der Waals surface area contributed by atoms with E-state index in [1.165, 1.54) is 0 Å². The fourth-order valence-corrected chi connectivity index (χ4v) is 2.42. The van der Waals surface area contributed by atoms with Gasteiger partial charge in [0.2, 0.25) is 0 Å². The first-order chi connectivity index (χ1) is 9.83. The molecule has 1 unspecified atom stereocenters. The van der Waals surface area contributed by atoms with E-state index in [-0.39, 0.29) is 6.04 Å². The number of rotatable bonds is 5. The number of hydrazine groups is 1. The number of aryl methyl sites for hydroxylation is 1. The normalized spacial score (nSPS) is 12.9. The van der Waals surface area contributed by atoms with Crippen LogP contribution in [0.15, 0.2) is 43.0 Å². The smallest absolute Gasteiger partial charge is 0.0777 e. The molecule has 0 aromatic carbocycles. The van der Waals surface area contributed by atoms with Gasteiger partial charge in [-0.1, -0.05) is 13.0 Å². The SMILES string of the molecule is CCCn1cc(C(NN)c2cnn3ccccc23)cn1. The second-order valence-electron chi connectivity index (χ2n) is 4.77. The third-order valence-corrected chi connectivity index (χ3v) is 3.37. The largest absolute Gasteiger partial charge is 0.272 e. The minimum absolute atomic E-state index is 0.111. The van der Waals surface area contributed by atoms with Crippen molar-refractivity contribution in [1.82, 2.24) is 24.8 Å². The van der Waals surface area contributed by atoms with Crippen molar-refractivity contribution in [3.05, 3.63) is 54.1 Å². The molecule has 0 radical (unpaired) electrons. The molecule has 0 aliphatic rings. The number of pyridine rings is 1. The van der Waals surface area contributed by atoms with E-state index < -0.39 is 0 Å². The van der Waals surface area contributed by atoms with Crippen molar-refractivity contribution < 1.29 is 0 Å². The Morgan fingerprint density at radius 1 is 1.30 bits per heavy atom. The summed E-state index contributed by atoms with van der Waals surface area (Å²) in [5.74, 6) is 5.75. The highest BCUT2D eigenvalue weighted by atomic mass is 15.3. The van der Waals surface area contributed by atoms with Crippen molar-refractivity contribution in [1.29, 1.82) is 0 Å². The maximum Gasteiger partial charge on any atom is 0.0777 e. The second-order valence-corrected chi connectivity index (χ2v) is 4.77. The van der Waals surface area contributed by atoms with Crippen LogP contribution in [-0.2, 0) is 6.54 Å². The second kappa shape index (κ2) is 5.44. The van der Waals surface area contributed by atoms with E-state index >= 15 is 0 Å². The first-order valence-electron chi connectivity index (χ1n) is 6.74. The molecule has 0 amide bonds. The van der Waals surface area contributed by atoms with Gasteiger partial charge in [-0.2, -0.15) is 10.2 Å². The molecule has 0 bridgehead atoms. The van der Waals surface area contributed by atoms with Gasteiger partial charge in [-0.15, -0.1) is 0 Å². The molecule has 1 atom stereocenters. The van der Waals surface area contributed by atoms with Crippen LogP contribution in [0.3, 0.4) is 0 Å². The van der Waals surface area contributed by atoms with Crippen LogP contribution in [0, 0.1) is 0 Å². The Bertz CT molecular complexity index is 698. The van der Waals surface area contributed by atoms with Gasteiger partial charge >= 0.3 is 0 Å². The van der Waals surface area contributed by atoms with E-state index in [1.807, 2.05) is 52.2 Å². The summed E-state index contributed by atoms with van der Waals surface area (Å²) in [7, 11) is 0. The average molecular weight is 270 g/mol. The van der Waals surface area contributed by atoms with Gasteiger partial charge in [0.1, 0.15) is 0 Å². The molecule has 20 heavy (non-hydrogen) atoms. The molecule has 6 heteroatoms. The summed E-state index contributed by atoms with van der Waals surface area (Å²) in [6.45, 7) is 3.04. The van der Waals surface area contributed by atoms with Crippen LogP contribution in [0.5, 0.6) is 0 Å². The summed E-state index contributed by atoms with van der Waals surface area (Å²) in [5, 5.41) is 8.71. The minimum atomic E-state index is -0.111. The number of hydrogen-bond donors (Lipinski definition) is 2. The summed E-state index contributed by atoms with van der Waals surface area (Å²) >= 11 is 0. The maximum absolute atomic E-state index is 5.75. The molecule has 3 aromatic rings. The van der Waals surface area contributed by atoms with E-state index in [0.29, 0.717) is 0 Å². The molecule has 3 rings (SSSR count). The predicted octanol–water partition coefficient (Wildman–Crippen LogP) is 1.49. The first-order valence-corrected chi connectivity index (χ1v) is 6.74. The number of nitrogens with zero attached hydrogens (tertiary/aromatic N) is 4. The highest BCUT2D eigenvalue weighted by Crippen LogP contribution is 2.24. The van der Waals surface area contributed by atoms with Crippen molar-refractivity contribution in [2.24, 2.45) is 5.84 Å². The Morgan fingerprint density at radius 2 is 2.20 bits per heavy atom. The van der Waals surface area contributed by atoms with Gasteiger partial charge in [-0.05, 0) is 18.6 Å². The lowest BCUT2D eigenvalue weighted by Gasteiger charge is -2.12. The quantitative estimate of drug-likeness (QED) is 0.544. The lowest BCUT2D eigenvalue weighted by Crippen LogP contribution is -2.28. The monoisotopic (exact) mass is 270 g/mol. The van der Waals surface area contributed by atoms with Gasteiger partial charge in [0.05, 0.1) is 24.0 Å². The van der Waals surface area contributed by atoms with Crippen molar-refractivity contribution in [3.8, 4) is 0 Å². The van der Waals surface area contributed by atoms with Crippen LogP contribution in [-0.4, -0.2) is 19.4 Å². The Labute approximate surface area is 117 Å². The standard InChI is InChI=1S/C14H18N6/c1-2-6-19-10-11(8-16-19)14(18-15)12-9-17-20-7-4-3-5-13(12)20/h3-5,7-10,14,18H,2,6,15H2,1H3. The van der Waals surface area contributed by atoms with Crippen LogP contribution in [0.25, 0.3) is 5.52 Å². The summed E-state index contributed by atoms with van der Waals surface area (Å²) in [4.78, 5) is 0. The first kappa shape index (κ1) is 12.8. The average Bonchev–Trinajstić information content (AvgIpc) is 3.09. The predicted molar refractivity (Wildman–Crippen MR) is 76.9 cm³/mol. The van der Waals surface area contributed by atoms with Crippen LogP contribution >= 0.6 is 0 Å². The molecular weight excluding hydrogens is 252 g/mol. The Hall–Kier alpha value is -2.18. The molecule has 0 spiro atoms. The number of nitrogens with two attached hydrogens (primary N) is 1. The van der Waals surface area contributed by atoms with Crippen LogP contribution < -0.4 is 11.3 Å². The maximum atomic E-state index is 5.75. The van der Waals surface area contributed by atoms with Gasteiger partial charge in [0, 0.05) is 30.1 Å². The molecule has 0 aliphatic carbocycles. The van der Waals surface area contributed by atoms with E-state index in [9.17, 15) is 0 Å². The Morgan fingerprint density at radius 3 is 3.00 bits per heavy atom. The summed E-state index contributed by atoms with van der Waals surface area (Å²) < 4.78 is 3.78. The van der Waals surface area contributed by atoms with Crippen molar-refractivity contribution in [3.63, 3.8) is 0 Å². The summed E-state index contributed by atoms with van der Waals surface area (Å²) in [5.41, 5.74) is 5.99. The summed E-state index contributed by atoms with van der Waals surface area (Å²) in [6.07, 6.45) is 8.70. The molecule has 104 valence electrons. The molecule has 0 saturated carbocycles. The molecule has 0 aliphatic heterocycles. The molecule has 0 fully saturated rings. The van der Waals surface area contributed by atoms with Gasteiger partial charge in [0.15, 0.2) is 0 Å². The van der Waals surface area contributed by atoms with E-state index in [1.54, 1.807) is 0 Å². The third-order valence-electron chi connectivity index (χ3n) is 3.37. The molecule has 3 N–H and O–H groups in total. The lowest BCUT2D eigenvalue weighted by atomic mass is 10.0. The zero-order valence-corrected chi connectivity index (χ0v) is 11.4. The van der Waals surface area contributed by atoms with Gasteiger partial charge < -0.3 is 0 Å². The minimum Gasteiger partial charge on any atom is -0.272 e. The third kappa shape index (κ3) is 2.19. The fourth-order valence-electron chi connectivity index (χ4n) is 2.42. The topological polar surface area (TPSA) is 73.2 Å². The zero-order valence-electron chi connectivity index (χ0n) is 11.4. The molecule has 6 nitrogen and oxygen atoms in total. The van der Waals surface area contributed by atoms with Crippen molar-refractivity contribution >= 4 is 5.52 Å². The Kier molecular flexibility index (Phi) is 3.49. The molecular formula is C14H18N6. The number of nitrogens with one attached hydrogen (secondary N) is 1. The van der Waals surface area contributed by atoms with E-state index in [2.05, 4.69) is 22.5 Å². The highest BCUT2D eigenvalue weighted by Gasteiger charge is 2.18. The number of fused-ring (bicyclic) bond motifs is 1. The van der Waals surface area contributed by atoms with Crippen molar-refractivity contribution in [2.75, 3.05) is 0 Å². The summed E-state index contributed by atoms with van der Waals surface area (Å²) in [6, 6.07) is 5.87. The molecule has 0 saturated heterocycles. The van der Waals surface area contributed by atoms with E-state index in [4.69, 9.17) is 5.84 Å². The van der Waals surface area contributed by atoms with Gasteiger partial charge in [0.25, 0.3) is 0 Å².